The summed E-state index contributed by atoms with van der Waals surface area (Å²) >= 11 is 0. The van der Waals surface area contributed by atoms with E-state index < -0.39 is 12.1 Å². The Balaban J connectivity index is 2.03. The Hall–Kier alpha value is -2.29. The van der Waals surface area contributed by atoms with Gasteiger partial charge in [-0.3, -0.25) is 0 Å². The molecule has 0 aliphatic carbocycles. The maximum Gasteiger partial charge on any atom is 0.345 e. The van der Waals surface area contributed by atoms with Crippen molar-refractivity contribution < 1.29 is 14.6 Å². The van der Waals surface area contributed by atoms with E-state index in [9.17, 15) is 9.90 Å². The van der Waals surface area contributed by atoms with Gasteiger partial charge in [-0.25, -0.2) is 4.79 Å². The molecule has 3 heteroatoms. The number of ether oxygens (including phenoxy) is 1. The Morgan fingerprint density at radius 3 is 2.43 bits per heavy atom. The fraction of sp³-hybridized carbons (Fsp3) is 0.350. The summed E-state index contributed by atoms with van der Waals surface area (Å²) in [5.41, 5.74) is 3.32. The predicted molar refractivity (Wildman–Crippen MR) is 92.0 cm³/mol. The van der Waals surface area contributed by atoms with Crippen molar-refractivity contribution in [3.63, 3.8) is 0 Å². The lowest BCUT2D eigenvalue weighted by Gasteiger charge is -2.16. The monoisotopic (exact) mass is 312 g/mol. The number of unbranched alkanes of at least 4 members (excludes halogenated alkanes) is 1. The molecule has 2 aromatic rings. The van der Waals surface area contributed by atoms with Crippen LogP contribution in [0.5, 0.6) is 5.75 Å². The van der Waals surface area contributed by atoms with Crippen LogP contribution in [-0.2, 0) is 17.6 Å². The highest BCUT2D eigenvalue weighted by Gasteiger charge is 2.20. The fourth-order valence-electron chi connectivity index (χ4n) is 2.47. The first-order valence-corrected chi connectivity index (χ1v) is 8.12. The summed E-state index contributed by atoms with van der Waals surface area (Å²) in [6.07, 6.45) is 2.90. The minimum absolute atomic E-state index is 0.358. The van der Waals surface area contributed by atoms with E-state index in [1.165, 1.54) is 18.4 Å². The number of aryl methyl sites for hydroxylation is 2. The molecule has 0 radical (unpaired) electrons. The minimum atomic E-state index is -0.943. The van der Waals surface area contributed by atoms with Crippen LogP contribution in [0.25, 0.3) is 0 Å². The molecule has 0 amide bonds. The number of carboxylic acids is 1. The highest BCUT2D eigenvalue weighted by atomic mass is 16.5. The van der Waals surface area contributed by atoms with Crippen molar-refractivity contribution >= 4 is 5.97 Å². The van der Waals surface area contributed by atoms with Gasteiger partial charge in [-0.05, 0) is 48.6 Å². The molecule has 0 spiro atoms. The third kappa shape index (κ3) is 5.44. The summed E-state index contributed by atoms with van der Waals surface area (Å²) in [5, 5.41) is 9.41. The average Bonchev–Trinajstić information content (AvgIpc) is 2.53. The highest BCUT2D eigenvalue weighted by Crippen LogP contribution is 2.17. The Bertz CT molecular complexity index is 632. The molecule has 0 saturated carbocycles. The predicted octanol–water partition coefficient (Wildman–Crippen LogP) is 4.41. The molecule has 2 aromatic carbocycles. The molecule has 0 aromatic heterocycles. The maximum atomic E-state index is 11.5. The highest BCUT2D eigenvalue weighted by molar-refractivity contribution is 5.73. The largest absolute Gasteiger partial charge is 0.478 e. The summed E-state index contributed by atoms with van der Waals surface area (Å²) < 4.78 is 5.66. The molecule has 0 saturated heterocycles. The number of rotatable bonds is 8. The summed E-state index contributed by atoms with van der Waals surface area (Å²) in [6, 6.07) is 15.6. The summed E-state index contributed by atoms with van der Waals surface area (Å²) in [4.78, 5) is 11.5. The molecule has 23 heavy (non-hydrogen) atoms. The van der Waals surface area contributed by atoms with Crippen LogP contribution in [0.1, 0.15) is 36.5 Å². The van der Waals surface area contributed by atoms with Gasteiger partial charge in [0.1, 0.15) is 5.75 Å². The quantitative estimate of drug-likeness (QED) is 0.785. The number of hydrogen-bond donors (Lipinski definition) is 1. The van der Waals surface area contributed by atoms with E-state index in [-0.39, 0.29) is 0 Å². The number of carbonyl (C=O) groups is 1. The summed E-state index contributed by atoms with van der Waals surface area (Å²) in [5.74, 6) is -0.349. The molecule has 1 N–H and O–H groups in total. The molecule has 0 heterocycles. The fourth-order valence-corrected chi connectivity index (χ4v) is 2.47. The second-order valence-corrected chi connectivity index (χ2v) is 5.89. The van der Waals surface area contributed by atoms with Crippen molar-refractivity contribution in [3.8, 4) is 5.75 Å². The number of benzene rings is 2. The van der Waals surface area contributed by atoms with Gasteiger partial charge in [-0.2, -0.15) is 0 Å². The zero-order valence-corrected chi connectivity index (χ0v) is 13.8. The van der Waals surface area contributed by atoms with Crippen molar-refractivity contribution in [2.45, 2.75) is 45.6 Å². The summed E-state index contributed by atoms with van der Waals surface area (Å²) in [7, 11) is 0. The van der Waals surface area contributed by atoms with E-state index in [1.807, 2.05) is 37.3 Å². The SMILES string of the molecule is CCCCc1ccc(C[C@H](Oc2cccc(C)c2)C(=O)O)cc1. The van der Waals surface area contributed by atoms with Crippen molar-refractivity contribution in [1.29, 1.82) is 0 Å². The van der Waals surface area contributed by atoms with Crippen molar-refractivity contribution in [3.05, 3.63) is 65.2 Å². The molecule has 0 unspecified atom stereocenters. The van der Waals surface area contributed by atoms with E-state index in [4.69, 9.17) is 4.74 Å². The second kappa shape index (κ2) is 8.37. The third-order valence-corrected chi connectivity index (χ3v) is 3.81. The van der Waals surface area contributed by atoms with E-state index in [0.717, 1.165) is 17.5 Å². The molecular formula is C20H24O3. The van der Waals surface area contributed by atoms with E-state index in [2.05, 4.69) is 19.1 Å². The van der Waals surface area contributed by atoms with Gasteiger partial charge in [-0.15, -0.1) is 0 Å². The van der Waals surface area contributed by atoms with Crippen molar-refractivity contribution in [2.75, 3.05) is 0 Å². The molecule has 0 aliphatic rings. The standard InChI is InChI=1S/C20H24O3/c1-3-4-7-16-9-11-17(12-10-16)14-19(20(21)22)23-18-8-5-6-15(2)13-18/h5-6,8-13,19H,3-4,7,14H2,1-2H3,(H,21,22)/t19-/m0/s1. The van der Waals surface area contributed by atoms with E-state index in [0.29, 0.717) is 12.2 Å². The maximum absolute atomic E-state index is 11.5. The van der Waals surface area contributed by atoms with Crippen LogP contribution in [0.15, 0.2) is 48.5 Å². The zero-order chi connectivity index (χ0) is 16.7. The second-order valence-electron chi connectivity index (χ2n) is 5.89. The molecule has 2 rings (SSSR count). The first-order valence-electron chi connectivity index (χ1n) is 8.12. The molecular weight excluding hydrogens is 288 g/mol. The Morgan fingerprint density at radius 1 is 1.13 bits per heavy atom. The van der Waals surface area contributed by atoms with Crippen LogP contribution in [0.3, 0.4) is 0 Å². The lowest BCUT2D eigenvalue weighted by molar-refractivity contribution is -0.145. The lowest BCUT2D eigenvalue weighted by Crippen LogP contribution is -2.29. The summed E-state index contributed by atoms with van der Waals surface area (Å²) in [6.45, 7) is 4.13. The Morgan fingerprint density at radius 2 is 1.83 bits per heavy atom. The van der Waals surface area contributed by atoms with Gasteiger partial charge in [0.25, 0.3) is 0 Å². The van der Waals surface area contributed by atoms with Gasteiger partial charge in [0.2, 0.25) is 0 Å². The minimum Gasteiger partial charge on any atom is -0.478 e. The first kappa shape index (κ1) is 17.1. The topological polar surface area (TPSA) is 46.5 Å². The molecule has 0 fully saturated rings. The molecule has 0 aliphatic heterocycles. The van der Waals surface area contributed by atoms with E-state index >= 15 is 0 Å². The van der Waals surface area contributed by atoms with Crippen LogP contribution in [0, 0.1) is 6.92 Å². The van der Waals surface area contributed by atoms with Crippen LogP contribution in [-0.4, -0.2) is 17.2 Å². The van der Waals surface area contributed by atoms with Gasteiger partial charge >= 0.3 is 5.97 Å². The normalized spacial score (nSPS) is 11.9. The molecule has 1 atom stereocenters. The van der Waals surface area contributed by atoms with Crippen LogP contribution < -0.4 is 4.74 Å². The van der Waals surface area contributed by atoms with Crippen molar-refractivity contribution in [2.24, 2.45) is 0 Å². The number of aliphatic carboxylic acids is 1. The first-order chi connectivity index (χ1) is 11.1. The van der Waals surface area contributed by atoms with Crippen molar-refractivity contribution in [1.82, 2.24) is 0 Å². The smallest absolute Gasteiger partial charge is 0.345 e. The van der Waals surface area contributed by atoms with Gasteiger partial charge < -0.3 is 9.84 Å². The van der Waals surface area contributed by atoms with Crippen LogP contribution in [0.4, 0.5) is 0 Å². The van der Waals surface area contributed by atoms with Gasteiger partial charge in [0.05, 0.1) is 0 Å². The Kier molecular flexibility index (Phi) is 6.21. The van der Waals surface area contributed by atoms with Gasteiger partial charge in [0.15, 0.2) is 6.10 Å². The Labute approximate surface area is 137 Å². The molecule has 122 valence electrons. The molecule has 3 nitrogen and oxygen atoms in total. The van der Waals surface area contributed by atoms with Gasteiger partial charge in [-0.1, -0.05) is 49.7 Å². The lowest BCUT2D eigenvalue weighted by atomic mass is 10.0. The number of carboxylic acid groups (broad SMARTS) is 1. The molecule has 0 bridgehead atoms. The van der Waals surface area contributed by atoms with E-state index in [1.54, 1.807) is 6.07 Å². The van der Waals surface area contributed by atoms with Gasteiger partial charge in [0, 0.05) is 6.42 Å². The average molecular weight is 312 g/mol. The van der Waals surface area contributed by atoms with Crippen LogP contribution in [0.2, 0.25) is 0 Å². The van der Waals surface area contributed by atoms with Crippen LogP contribution >= 0.6 is 0 Å². The third-order valence-electron chi connectivity index (χ3n) is 3.81. The number of hydrogen-bond acceptors (Lipinski definition) is 2. The zero-order valence-electron chi connectivity index (χ0n) is 13.8.